The molecule has 20 heavy (non-hydrogen) atoms. The Bertz CT molecular complexity index is 580. The van der Waals surface area contributed by atoms with E-state index in [0.29, 0.717) is 12.2 Å². The minimum Gasteiger partial charge on any atom is -0.454 e. The van der Waals surface area contributed by atoms with E-state index in [2.05, 4.69) is 40.1 Å². The second-order valence-corrected chi connectivity index (χ2v) is 5.48. The van der Waals surface area contributed by atoms with Crippen molar-refractivity contribution >= 4 is 34.3 Å². The number of rotatable bonds is 5. The molecule has 0 aliphatic rings. The van der Waals surface area contributed by atoms with E-state index < -0.39 is 6.03 Å². The van der Waals surface area contributed by atoms with Crippen molar-refractivity contribution in [3.05, 3.63) is 51.5 Å². The number of anilines is 1. The van der Waals surface area contributed by atoms with Gasteiger partial charge in [0.15, 0.2) is 3.77 Å². The molecular weight excluding hydrogens is 369 g/mol. The van der Waals surface area contributed by atoms with Gasteiger partial charge in [-0.25, -0.2) is 4.79 Å². The van der Waals surface area contributed by atoms with E-state index in [1.165, 1.54) is 0 Å². The van der Waals surface area contributed by atoms with Gasteiger partial charge >= 0.3 is 6.03 Å². The fraction of sp³-hybridized carbons (Fsp3) is 0.214. The van der Waals surface area contributed by atoms with Gasteiger partial charge in [0, 0.05) is 11.7 Å². The highest BCUT2D eigenvalue weighted by Gasteiger charge is 2.07. The molecule has 1 aromatic carbocycles. The van der Waals surface area contributed by atoms with Gasteiger partial charge in [-0.05, 0) is 59.3 Å². The molecule has 1 atom stereocenters. The zero-order valence-electron chi connectivity index (χ0n) is 11.0. The smallest absolute Gasteiger partial charge is 0.316 e. The van der Waals surface area contributed by atoms with Gasteiger partial charge in [-0.2, -0.15) is 0 Å². The van der Waals surface area contributed by atoms with Gasteiger partial charge in [-0.1, -0.05) is 12.1 Å². The molecule has 0 radical (unpaired) electrons. The summed E-state index contributed by atoms with van der Waals surface area (Å²) in [5.41, 5.74) is 6.88. The Morgan fingerprint density at radius 1 is 1.30 bits per heavy atom. The van der Waals surface area contributed by atoms with Crippen molar-refractivity contribution in [3.63, 3.8) is 0 Å². The Morgan fingerprint density at radius 2 is 2.00 bits per heavy atom. The summed E-state index contributed by atoms with van der Waals surface area (Å²) in [4.78, 5) is 10.7. The third-order valence-electron chi connectivity index (χ3n) is 2.89. The third-order valence-corrected chi connectivity index (χ3v) is 3.47. The molecule has 4 N–H and O–H groups in total. The highest BCUT2D eigenvalue weighted by Crippen LogP contribution is 2.17. The number of hydrogen-bond acceptors (Lipinski definition) is 3. The van der Waals surface area contributed by atoms with Gasteiger partial charge in [0.1, 0.15) is 5.76 Å². The minimum atomic E-state index is -0.559. The lowest BCUT2D eigenvalue weighted by molar-refractivity contribution is 0.259. The Labute approximate surface area is 131 Å². The quantitative estimate of drug-likeness (QED) is 0.692. The van der Waals surface area contributed by atoms with Gasteiger partial charge in [0.25, 0.3) is 0 Å². The molecule has 1 unspecified atom stereocenters. The normalized spacial score (nSPS) is 12.1. The highest BCUT2D eigenvalue weighted by atomic mass is 127. The van der Waals surface area contributed by atoms with Crippen molar-refractivity contribution < 1.29 is 9.21 Å². The highest BCUT2D eigenvalue weighted by molar-refractivity contribution is 14.1. The standard InChI is InChI=1S/C14H16IN3O2/c1-9(17-8-12-6-7-13(15)20-12)10-2-4-11(5-3-10)18-14(16)19/h2-7,9,17H,8H2,1H3,(H3,16,18,19). The Hall–Kier alpha value is -1.54. The summed E-state index contributed by atoms with van der Waals surface area (Å²) in [5, 5.41) is 5.91. The number of primary amides is 1. The predicted molar refractivity (Wildman–Crippen MR) is 86.3 cm³/mol. The third kappa shape index (κ3) is 4.24. The number of halogens is 1. The van der Waals surface area contributed by atoms with Crippen LogP contribution >= 0.6 is 22.6 Å². The van der Waals surface area contributed by atoms with E-state index in [1.807, 2.05) is 36.4 Å². The fourth-order valence-electron chi connectivity index (χ4n) is 1.82. The van der Waals surface area contributed by atoms with Gasteiger partial charge < -0.3 is 20.8 Å². The molecule has 1 heterocycles. The number of amides is 2. The van der Waals surface area contributed by atoms with Crippen LogP contribution in [0.2, 0.25) is 0 Å². The summed E-state index contributed by atoms with van der Waals surface area (Å²) < 4.78 is 6.38. The lowest BCUT2D eigenvalue weighted by atomic mass is 10.1. The van der Waals surface area contributed by atoms with Crippen molar-refractivity contribution in [2.45, 2.75) is 19.5 Å². The van der Waals surface area contributed by atoms with Crippen molar-refractivity contribution in [2.75, 3.05) is 5.32 Å². The number of benzene rings is 1. The maximum Gasteiger partial charge on any atom is 0.316 e. The Balaban J connectivity index is 1.91. The van der Waals surface area contributed by atoms with Crippen LogP contribution in [-0.2, 0) is 6.54 Å². The summed E-state index contributed by atoms with van der Waals surface area (Å²) in [5.74, 6) is 0.910. The predicted octanol–water partition coefficient (Wildman–Crippen LogP) is 3.23. The fourth-order valence-corrected chi connectivity index (χ4v) is 2.28. The van der Waals surface area contributed by atoms with Crippen molar-refractivity contribution in [1.82, 2.24) is 5.32 Å². The van der Waals surface area contributed by atoms with Crippen LogP contribution in [0.25, 0.3) is 0 Å². The molecule has 6 heteroatoms. The molecular formula is C14H16IN3O2. The van der Waals surface area contributed by atoms with Gasteiger partial charge in [0.05, 0.1) is 6.54 Å². The number of carbonyl (C=O) groups excluding carboxylic acids is 1. The first-order valence-electron chi connectivity index (χ1n) is 6.18. The first-order chi connectivity index (χ1) is 9.54. The molecule has 0 aliphatic heterocycles. The number of carbonyl (C=O) groups is 1. The molecule has 0 bridgehead atoms. The van der Waals surface area contributed by atoms with Crippen LogP contribution in [0, 0.1) is 3.77 Å². The van der Waals surface area contributed by atoms with E-state index in [9.17, 15) is 4.79 Å². The first kappa shape index (κ1) is 14.9. The molecule has 0 saturated heterocycles. The molecule has 0 fully saturated rings. The summed E-state index contributed by atoms with van der Waals surface area (Å²) >= 11 is 2.14. The molecule has 2 rings (SSSR count). The summed E-state index contributed by atoms with van der Waals surface area (Å²) in [6.07, 6.45) is 0. The summed E-state index contributed by atoms with van der Waals surface area (Å²) in [7, 11) is 0. The Kier molecular flexibility index (Phi) is 5.02. The lowest BCUT2D eigenvalue weighted by Gasteiger charge is -2.14. The van der Waals surface area contributed by atoms with Crippen LogP contribution in [-0.4, -0.2) is 6.03 Å². The second-order valence-electron chi connectivity index (χ2n) is 4.42. The van der Waals surface area contributed by atoms with Crippen LogP contribution in [0.1, 0.15) is 24.3 Å². The zero-order valence-corrected chi connectivity index (χ0v) is 13.2. The van der Waals surface area contributed by atoms with Crippen LogP contribution in [0.15, 0.2) is 40.8 Å². The molecule has 106 valence electrons. The minimum absolute atomic E-state index is 0.181. The monoisotopic (exact) mass is 385 g/mol. The average Bonchev–Trinajstić information content (AvgIpc) is 2.82. The second kappa shape index (κ2) is 6.76. The zero-order chi connectivity index (χ0) is 14.5. The van der Waals surface area contributed by atoms with E-state index in [4.69, 9.17) is 10.2 Å². The lowest BCUT2D eigenvalue weighted by Crippen LogP contribution is -2.20. The maximum atomic E-state index is 10.7. The number of furan rings is 1. The number of nitrogens with two attached hydrogens (primary N) is 1. The first-order valence-corrected chi connectivity index (χ1v) is 7.26. The SMILES string of the molecule is CC(NCc1ccc(I)o1)c1ccc(NC(N)=O)cc1. The van der Waals surface area contributed by atoms with Crippen LogP contribution < -0.4 is 16.4 Å². The number of hydrogen-bond donors (Lipinski definition) is 3. The van der Waals surface area contributed by atoms with Crippen molar-refractivity contribution in [2.24, 2.45) is 5.73 Å². The Morgan fingerprint density at radius 3 is 2.55 bits per heavy atom. The summed E-state index contributed by atoms with van der Waals surface area (Å²) in [6.45, 7) is 2.75. The molecule has 0 spiro atoms. The largest absolute Gasteiger partial charge is 0.454 e. The summed E-state index contributed by atoms with van der Waals surface area (Å²) in [6, 6.07) is 11.1. The molecule has 0 saturated carbocycles. The van der Waals surface area contributed by atoms with Crippen LogP contribution in [0.3, 0.4) is 0 Å². The molecule has 2 aromatic rings. The maximum absolute atomic E-state index is 10.7. The number of nitrogens with one attached hydrogen (secondary N) is 2. The van der Waals surface area contributed by atoms with Crippen molar-refractivity contribution in [3.8, 4) is 0 Å². The van der Waals surface area contributed by atoms with Gasteiger partial charge in [-0.15, -0.1) is 0 Å². The van der Waals surface area contributed by atoms with Gasteiger partial charge in [-0.3, -0.25) is 0 Å². The number of urea groups is 1. The van der Waals surface area contributed by atoms with E-state index in [1.54, 1.807) is 0 Å². The van der Waals surface area contributed by atoms with E-state index >= 15 is 0 Å². The van der Waals surface area contributed by atoms with E-state index in [0.717, 1.165) is 15.1 Å². The van der Waals surface area contributed by atoms with Crippen LogP contribution in [0.4, 0.5) is 10.5 Å². The molecule has 2 amide bonds. The van der Waals surface area contributed by atoms with E-state index in [-0.39, 0.29) is 6.04 Å². The average molecular weight is 385 g/mol. The molecule has 1 aromatic heterocycles. The molecule has 5 nitrogen and oxygen atoms in total. The van der Waals surface area contributed by atoms with Crippen LogP contribution in [0.5, 0.6) is 0 Å². The van der Waals surface area contributed by atoms with Gasteiger partial charge in [0.2, 0.25) is 0 Å². The van der Waals surface area contributed by atoms with Crippen molar-refractivity contribution in [1.29, 1.82) is 0 Å². The topological polar surface area (TPSA) is 80.3 Å². The molecule has 0 aliphatic carbocycles.